The van der Waals surface area contributed by atoms with Crippen LogP contribution >= 0.6 is 23.7 Å². The van der Waals surface area contributed by atoms with Crippen molar-refractivity contribution in [3.63, 3.8) is 0 Å². The van der Waals surface area contributed by atoms with Crippen molar-refractivity contribution in [2.45, 2.75) is 13.0 Å². The third-order valence-corrected chi connectivity index (χ3v) is 4.68. The molecule has 0 radical (unpaired) electrons. The fourth-order valence-electron chi connectivity index (χ4n) is 2.55. The first-order valence-corrected chi connectivity index (χ1v) is 8.16. The number of thiazole rings is 1. The third kappa shape index (κ3) is 3.72. The van der Waals surface area contributed by atoms with E-state index in [0.717, 1.165) is 13.1 Å². The lowest BCUT2D eigenvalue weighted by atomic mass is 10.2. The molecule has 3 rings (SSSR count). The van der Waals surface area contributed by atoms with Gasteiger partial charge in [0.05, 0.1) is 4.92 Å². The number of piperazine rings is 1. The maximum Gasteiger partial charge on any atom is 0.273 e. The molecule has 0 saturated carbocycles. The molecule has 1 aliphatic rings. The van der Waals surface area contributed by atoms with Gasteiger partial charge in [-0.15, -0.1) is 23.7 Å². The summed E-state index contributed by atoms with van der Waals surface area (Å²) in [5, 5.41) is 16.4. The van der Waals surface area contributed by atoms with E-state index in [1.807, 2.05) is 11.8 Å². The number of carbonyl (C=O) groups is 1. The highest BCUT2D eigenvalue weighted by molar-refractivity contribution is 7.13. The van der Waals surface area contributed by atoms with Gasteiger partial charge >= 0.3 is 0 Å². The minimum Gasteiger partial charge on any atom is -0.332 e. The molecule has 1 saturated heterocycles. The molecule has 1 N–H and O–H groups in total. The van der Waals surface area contributed by atoms with Gasteiger partial charge in [0.15, 0.2) is 0 Å². The summed E-state index contributed by atoms with van der Waals surface area (Å²) in [6, 6.07) is 6.41. The molecule has 2 heterocycles. The highest BCUT2D eigenvalue weighted by atomic mass is 35.5. The predicted octanol–water partition coefficient (Wildman–Crippen LogP) is 2.57. The Hall–Kier alpha value is -2.03. The van der Waals surface area contributed by atoms with Gasteiger partial charge in [-0.25, -0.2) is 4.98 Å². The van der Waals surface area contributed by atoms with E-state index in [4.69, 9.17) is 0 Å². The van der Waals surface area contributed by atoms with Crippen LogP contribution in [0.25, 0.3) is 10.6 Å². The third-order valence-electron chi connectivity index (χ3n) is 3.79. The number of halogens is 1. The number of aromatic nitrogens is 1. The van der Waals surface area contributed by atoms with Gasteiger partial charge in [0.2, 0.25) is 0 Å². The van der Waals surface area contributed by atoms with Crippen LogP contribution in [0.15, 0.2) is 29.6 Å². The molecule has 0 bridgehead atoms. The molecule has 2 aromatic rings. The van der Waals surface area contributed by atoms with Crippen molar-refractivity contribution < 1.29 is 9.72 Å². The number of rotatable bonds is 3. The Kier molecular flexibility index (Phi) is 5.87. The summed E-state index contributed by atoms with van der Waals surface area (Å²) in [6.45, 7) is 4.20. The smallest absolute Gasteiger partial charge is 0.273 e. The highest BCUT2D eigenvalue weighted by Gasteiger charge is 2.26. The zero-order chi connectivity index (χ0) is 16.4. The molecule has 24 heavy (non-hydrogen) atoms. The molecule has 7 nitrogen and oxygen atoms in total. The molecule has 1 aromatic heterocycles. The van der Waals surface area contributed by atoms with Crippen molar-refractivity contribution in [2.75, 3.05) is 19.6 Å². The highest BCUT2D eigenvalue weighted by Crippen LogP contribution is 2.27. The molecule has 1 aromatic carbocycles. The van der Waals surface area contributed by atoms with Crippen LogP contribution < -0.4 is 5.32 Å². The number of non-ortho nitro benzene ring substituents is 1. The molecule has 0 unspecified atom stereocenters. The topological polar surface area (TPSA) is 88.4 Å². The van der Waals surface area contributed by atoms with Crippen LogP contribution in [0.1, 0.15) is 17.4 Å². The van der Waals surface area contributed by atoms with Crippen LogP contribution in [0.4, 0.5) is 5.69 Å². The second-order valence-electron chi connectivity index (χ2n) is 5.40. The summed E-state index contributed by atoms with van der Waals surface area (Å²) in [5.74, 6) is -0.0908. The summed E-state index contributed by atoms with van der Waals surface area (Å²) < 4.78 is 0. The van der Waals surface area contributed by atoms with Gasteiger partial charge in [-0.3, -0.25) is 14.9 Å². The summed E-state index contributed by atoms with van der Waals surface area (Å²) in [4.78, 5) is 29.2. The summed E-state index contributed by atoms with van der Waals surface area (Å²) >= 11 is 1.32. The number of carbonyl (C=O) groups excluding carboxylic acids is 1. The second kappa shape index (κ2) is 7.69. The SMILES string of the molecule is C[C@H]1CNCCN1C(=O)c1csc(-c2cccc([N+](=O)[O-])c2)n1.Cl. The van der Waals surface area contributed by atoms with Gasteiger partial charge in [0.1, 0.15) is 10.7 Å². The Morgan fingerprint density at radius 3 is 3.00 bits per heavy atom. The summed E-state index contributed by atoms with van der Waals surface area (Å²) in [6.07, 6.45) is 0. The van der Waals surface area contributed by atoms with E-state index in [1.165, 1.54) is 23.5 Å². The van der Waals surface area contributed by atoms with E-state index >= 15 is 0 Å². The average molecular weight is 369 g/mol. The lowest BCUT2D eigenvalue weighted by Crippen LogP contribution is -2.52. The molecule has 1 aliphatic heterocycles. The Bertz CT molecular complexity index is 752. The molecular formula is C15H17ClN4O3S. The van der Waals surface area contributed by atoms with E-state index in [2.05, 4.69) is 10.3 Å². The Balaban J connectivity index is 0.00000208. The van der Waals surface area contributed by atoms with E-state index in [1.54, 1.807) is 17.5 Å². The first kappa shape index (κ1) is 18.3. The number of amides is 1. The van der Waals surface area contributed by atoms with Crippen molar-refractivity contribution in [2.24, 2.45) is 0 Å². The largest absolute Gasteiger partial charge is 0.332 e. The van der Waals surface area contributed by atoms with E-state index in [9.17, 15) is 14.9 Å². The van der Waals surface area contributed by atoms with Gasteiger partial charge in [0.25, 0.3) is 11.6 Å². The van der Waals surface area contributed by atoms with Crippen LogP contribution in [0.3, 0.4) is 0 Å². The number of hydrogen-bond acceptors (Lipinski definition) is 6. The van der Waals surface area contributed by atoms with Gasteiger partial charge in [0, 0.05) is 48.8 Å². The van der Waals surface area contributed by atoms with Crippen molar-refractivity contribution in [3.8, 4) is 10.6 Å². The minimum absolute atomic E-state index is 0. The maximum atomic E-state index is 12.6. The lowest BCUT2D eigenvalue weighted by Gasteiger charge is -2.33. The van der Waals surface area contributed by atoms with E-state index in [0.29, 0.717) is 22.8 Å². The van der Waals surface area contributed by atoms with Gasteiger partial charge < -0.3 is 10.2 Å². The molecule has 0 aliphatic carbocycles. The fraction of sp³-hybridized carbons (Fsp3) is 0.333. The quantitative estimate of drug-likeness (QED) is 0.664. The molecular weight excluding hydrogens is 352 g/mol. The Labute approximate surface area is 149 Å². The van der Waals surface area contributed by atoms with Crippen molar-refractivity contribution in [1.82, 2.24) is 15.2 Å². The number of nitrogens with one attached hydrogen (secondary N) is 1. The monoisotopic (exact) mass is 368 g/mol. The zero-order valence-electron chi connectivity index (χ0n) is 13.0. The van der Waals surface area contributed by atoms with Gasteiger partial charge in [-0.1, -0.05) is 12.1 Å². The summed E-state index contributed by atoms with van der Waals surface area (Å²) in [5.41, 5.74) is 1.06. The van der Waals surface area contributed by atoms with Crippen LogP contribution in [-0.4, -0.2) is 46.4 Å². The molecule has 128 valence electrons. The maximum absolute atomic E-state index is 12.6. The molecule has 1 amide bonds. The van der Waals surface area contributed by atoms with Crippen LogP contribution in [0.5, 0.6) is 0 Å². The normalized spacial score (nSPS) is 17.2. The number of nitro groups is 1. The first-order chi connectivity index (χ1) is 11.1. The Morgan fingerprint density at radius 2 is 2.29 bits per heavy atom. The molecule has 0 spiro atoms. The zero-order valence-corrected chi connectivity index (χ0v) is 14.6. The summed E-state index contributed by atoms with van der Waals surface area (Å²) in [7, 11) is 0. The van der Waals surface area contributed by atoms with Crippen molar-refractivity contribution >= 4 is 35.3 Å². The lowest BCUT2D eigenvalue weighted by molar-refractivity contribution is -0.384. The van der Waals surface area contributed by atoms with Crippen molar-refractivity contribution in [1.29, 1.82) is 0 Å². The van der Waals surface area contributed by atoms with Crippen molar-refractivity contribution in [3.05, 3.63) is 45.5 Å². The van der Waals surface area contributed by atoms with Crippen LogP contribution in [-0.2, 0) is 0 Å². The predicted molar refractivity (Wildman–Crippen MR) is 94.8 cm³/mol. The number of nitrogens with zero attached hydrogens (tertiary/aromatic N) is 3. The van der Waals surface area contributed by atoms with Gasteiger partial charge in [-0.2, -0.15) is 0 Å². The first-order valence-electron chi connectivity index (χ1n) is 7.28. The van der Waals surface area contributed by atoms with Crippen LogP contribution in [0, 0.1) is 10.1 Å². The number of hydrogen-bond donors (Lipinski definition) is 1. The minimum atomic E-state index is -0.439. The van der Waals surface area contributed by atoms with E-state index < -0.39 is 4.92 Å². The standard InChI is InChI=1S/C15H16N4O3S.ClH/c1-10-8-16-5-6-18(10)15(20)13-9-23-14(17-13)11-3-2-4-12(7-11)19(21)22;/h2-4,7,9-10,16H,5-6,8H2,1H3;1H/t10-;/m0./s1. The fourth-order valence-corrected chi connectivity index (χ4v) is 3.34. The van der Waals surface area contributed by atoms with E-state index in [-0.39, 0.29) is 30.0 Å². The molecule has 1 atom stereocenters. The molecule has 9 heteroatoms. The number of nitro benzene ring substituents is 1. The average Bonchev–Trinajstić information content (AvgIpc) is 3.05. The number of benzene rings is 1. The van der Waals surface area contributed by atoms with Crippen LogP contribution in [0.2, 0.25) is 0 Å². The Morgan fingerprint density at radius 1 is 1.50 bits per heavy atom. The molecule has 1 fully saturated rings. The van der Waals surface area contributed by atoms with Gasteiger partial charge in [-0.05, 0) is 6.92 Å². The second-order valence-corrected chi connectivity index (χ2v) is 6.26.